The van der Waals surface area contributed by atoms with E-state index in [9.17, 15) is 0 Å². The Morgan fingerprint density at radius 1 is 1.47 bits per heavy atom. The van der Waals surface area contributed by atoms with Crippen LogP contribution >= 0.6 is 0 Å². The van der Waals surface area contributed by atoms with Gasteiger partial charge < -0.3 is 5.32 Å². The molecule has 0 aromatic heterocycles. The Labute approximate surface area is 103 Å². The minimum atomic E-state index is 0.235. The Morgan fingerprint density at radius 3 is 2.88 bits per heavy atom. The molecule has 3 heteroatoms. The molecule has 17 heavy (non-hydrogen) atoms. The van der Waals surface area contributed by atoms with Gasteiger partial charge in [-0.3, -0.25) is 4.90 Å². The van der Waals surface area contributed by atoms with Crippen LogP contribution in [0.15, 0.2) is 30.3 Å². The fourth-order valence-electron chi connectivity index (χ4n) is 2.51. The number of hydrogen-bond donors (Lipinski definition) is 1. The van der Waals surface area contributed by atoms with Crippen molar-refractivity contribution in [2.24, 2.45) is 0 Å². The lowest BCUT2D eigenvalue weighted by atomic mass is 10.00. The molecular formula is C14H19N3. The first-order valence-corrected chi connectivity index (χ1v) is 6.21. The number of nitrogens with zero attached hydrogens (tertiary/aromatic N) is 2. The molecule has 0 radical (unpaired) electrons. The Kier molecular flexibility index (Phi) is 4.13. The third-order valence-electron chi connectivity index (χ3n) is 3.42. The summed E-state index contributed by atoms with van der Waals surface area (Å²) in [6, 6.07) is 13.4. The van der Waals surface area contributed by atoms with Gasteiger partial charge in [0, 0.05) is 31.7 Å². The quantitative estimate of drug-likeness (QED) is 0.861. The van der Waals surface area contributed by atoms with Gasteiger partial charge in [-0.2, -0.15) is 5.26 Å². The van der Waals surface area contributed by atoms with E-state index in [-0.39, 0.29) is 6.04 Å². The maximum Gasteiger partial charge on any atom is 0.0641 e. The molecular weight excluding hydrogens is 210 g/mol. The second-order valence-electron chi connectivity index (χ2n) is 4.58. The molecule has 3 nitrogen and oxygen atoms in total. The molecule has 1 aromatic rings. The molecule has 2 atom stereocenters. The van der Waals surface area contributed by atoms with Crippen molar-refractivity contribution in [1.29, 1.82) is 5.26 Å². The molecule has 0 amide bonds. The van der Waals surface area contributed by atoms with Gasteiger partial charge in [-0.15, -0.1) is 0 Å². The van der Waals surface area contributed by atoms with Crippen molar-refractivity contribution in [2.45, 2.75) is 25.4 Å². The van der Waals surface area contributed by atoms with Crippen LogP contribution in [-0.2, 0) is 0 Å². The van der Waals surface area contributed by atoms with Gasteiger partial charge in [0.05, 0.1) is 12.5 Å². The maximum atomic E-state index is 9.02. The Hall–Kier alpha value is -1.37. The minimum Gasteiger partial charge on any atom is -0.314 e. The largest absolute Gasteiger partial charge is 0.314 e. The standard InChI is InChI=1S/C14H19N3/c1-12-11-16-9-10-17(12)14(7-8-15)13-5-3-2-4-6-13/h2-6,12,14,16H,7,9-11H2,1H3/t12-,14?/m1/s1. The lowest BCUT2D eigenvalue weighted by molar-refractivity contribution is 0.118. The van der Waals surface area contributed by atoms with Crippen molar-refractivity contribution < 1.29 is 0 Å². The predicted octanol–water partition coefficient (Wildman–Crippen LogP) is 1.94. The van der Waals surface area contributed by atoms with E-state index >= 15 is 0 Å². The van der Waals surface area contributed by atoms with E-state index in [0.717, 1.165) is 19.6 Å². The van der Waals surface area contributed by atoms with Gasteiger partial charge in [0.25, 0.3) is 0 Å². The molecule has 1 aliphatic heterocycles. The van der Waals surface area contributed by atoms with Crippen LogP contribution in [0, 0.1) is 11.3 Å². The Balaban J connectivity index is 2.20. The van der Waals surface area contributed by atoms with E-state index in [1.807, 2.05) is 18.2 Å². The molecule has 1 aliphatic rings. The van der Waals surface area contributed by atoms with Crippen LogP contribution in [-0.4, -0.2) is 30.6 Å². The summed E-state index contributed by atoms with van der Waals surface area (Å²) in [6.07, 6.45) is 0.564. The molecule has 1 fully saturated rings. The first kappa shape index (κ1) is 12.1. The topological polar surface area (TPSA) is 39.1 Å². The molecule has 1 unspecified atom stereocenters. The summed E-state index contributed by atoms with van der Waals surface area (Å²) in [5.41, 5.74) is 1.25. The number of piperazine rings is 1. The molecule has 90 valence electrons. The number of nitrogens with one attached hydrogen (secondary N) is 1. The smallest absolute Gasteiger partial charge is 0.0641 e. The molecule has 0 bridgehead atoms. The van der Waals surface area contributed by atoms with Crippen molar-refractivity contribution in [3.63, 3.8) is 0 Å². The molecule has 2 rings (SSSR count). The average Bonchev–Trinajstić information content (AvgIpc) is 2.38. The number of benzene rings is 1. The van der Waals surface area contributed by atoms with Crippen LogP contribution in [0.5, 0.6) is 0 Å². The maximum absolute atomic E-state index is 9.02. The minimum absolute atomic E-state index is 0.235. The van der Waals surface area contributed by atoms with Gasteiger partial charge in [0.1, 0.15) is 0 Å². The van der Waals surface area contributed by atoms with Crippen molar-refractivity contribution in [3.05, 3.63) is 35.9 Å². The molecule has 0 spiro atoms. The lowest BCUT2D eigenvalue weighted by Gasteiger charge is -2.39. The number of rotatable bonds is 3. The molecule has 1 N–H and O–H groups in total. The normalized spacial score (nSPS) is 22.9. The van der Waals surface area contributed by atoms with Crippen LogP contribution in [0.4, 0.5) is 0 Å². The molecule has 1 heterocycles. The first-order valence-electron chi connectivity index (χ1n) is 6.21. The van der Waals surface area contributed by atoms with E-state index in [4.69, 9.17) is 5.26 Å². The van der Waals surface area contributed by atoms with Crippen molar-refractivity contribution in [3.8, 4) is 6.07 Å². The first-order chi connectivity index (χ1) is 8.33. The molecule has 0 saturated carbocycles. The second-order valence-corrected chi connectivity index (χ2v) is 4.58. The van der Waals surface area contributed by atoms with Crippen molar-refractivity contribution >= 4 is 0 Å². The van der Waals surface area contributed by atoms with Gasteiger partial charge in [-0.05, 0) is 12.5 Å². The third-order valence-corrected chi connectivity index (χ3v) is 3.42. The van der Waals surface area contributed by atoms with E-state index in [2.05, 4.69) is 35.3 Å². The zero-order valence-electron chi connectivity index (χ0n) is 10.3. The second kappa shape index (κ2) is 5.81. The highest BCUT2D eigenvalue weighted by atomic mass is 15.2. The van der Waals surface area contributed by atoms with E-state index in [0.29, 0.717) is 12.5 Å². The van der Waals surface area contributed by atoms with E-state index in [1.165, 1.54) is 5.56 Å². The van der Waals surface area contributed by atoms with E-state index in [1.54, 1.807) is 0 Å². The zero-order valence-corrected chi connectivity index (χ0v) is 10.3. The SMILES string of the molecule is C[C@@H]1CNCCN1C(CC#N)c1ccccc1. The number of nitriles is 1. The highest BCUT2D eigenvalue weighted by molar-refractivity contribution is 5.20. The monoisotopic (exact) mass is 229 g/mol. The fraction of sp³-hybridized carbons (Fsp3) is 0.500. The summed E-state index contributed by atoms with van der Waals surface area (Å²) in [5.74, 6) is 0. The Morgan fingerprint density at radius 2 is 2.24 bits per heavy atom. The van der Waals surface area contributed by atoms with Gasteiger partial charge in [0.15, 0.2) is 0 Å². The summed E-state index contributed by atoms with van der Waals surface area (Å²) in [4.78, 5) is 2.44. The molecule has 1 saturated heterocycles. The summed E-state index contributed by atoms with van der Waals surface area (Å²) >= 11 is 0. The highest BCUT2D eigenvalue weighted by Gasteiger charge is 2.26. The fourth-order valence-corrected chi connectivity index (χ4v) is 2.51. The number of hydrogen-bond acceptors (Lipinski definition) is 3. The van der Waals surface area contributed by atoms with Gasteiger partial charge in [-0.25, -0.2) is 0 Å². The van der Waals surface area contributed by atoms with Gasteiger partial charge in [-0.1, -0.05) is 30.3 Å². The van der Waals surface area contributed by atoms with Crippen molar-refractivity contribution in [2.75, 3.05) is 19.6 Å². The van der Waals surface area contributed by atoms with Crippen LogP contribution in [0.1, 0.15) is 24.9 Å². The highest BCUT2D eigenvalue weighted by Crippen LogP contribution is 2.26. The van der Waals surface area contributed by atoms with Crippen LogP contribution < -0.4 is 5.32 Å². The van der Waals surface area contributed by atoms with Crippen LogP contribution in [0.2, 0.25) is 0 Å². The van der Waals surface area contributed by atoms with Gasteiger partial charge >= 0.3 is 0 Å². The average molecular weight is 229 g/mol. The van der Waals surface area contributed by atoms with Crippen LogP contribution in [0.3, 0.4) is 0 Å². The molecule has 0 aliphatic carbocycles. The summed E-state index contributed by atoms with van der Waals surface area (Å²) in [6.45, 7) is 5.26. The van der Waals surface area contributed by atoms with Crippen molar-refractivity contribution in [1.82, 2.24) is 10.2 Å². The summed E-state index contributed by atoms with van der Waals surface area (Å²) < 4.78 is 0. The summed E-state index contributed by atoms with van der Waals surface area (Å²) in [5, 5.41) is 12.4. The van der Waals surface area contributed by atoms with Crippen LogP contribution in [0.25, 0.3) is 0 Å². The Bertz CT molecular complexity index is 382. The van der Waals surface area contributed by atoms with Gasteiger partial charge in [0.2, 0.25) is 0 Å². The van der Waals surface area contributed by atoms with E-state index < -0.39 is 0 Å². The third kappa shape index (κ3) is 2.85. The predicted molar refractivity (Wildman–Crippen MR) is 68.5 cm³/mol. The lowest BCUT2D eigenvalue weighted by Crippen LogP contribution is -2.51. The summed E-state index contributed by atoms with van der Waals surface area (Å²) in [7, 11) is 0. The molecule has 1 aromatic carbocycles. The zero-order chi connectivity index (χ0) is 12.1.